The van der Waals surface area contributed by atoms with Gasteiger partial charge in [-0.3, -0.25) is 0 Å². The summed E-state index contributed by atoms with van der Waals surface area (Å²) in [6, 6.07) is 19.1. The lowest BCUT2D eigenvalue weighted by Gasteiger charge is -2.18. The zero-order chi connectivity index (χ0) is 15.7. The number of hydrogen-bond acceptors (Lipinski definition) is 3. The van der Waals surface area contributed by atoms with Gasteiger partial charge in [-0.15, -0.1) is 0 Å². The van der Waals surface area contributed by atoms with Crippen molar-refractivity contribution in [2.24, 2.45) is 0 Å². The molecule has 0 fully saturated rings. The highest BCUT2D eigenvalue weighted by molar-refractivity contribution is 7.42. The number of rotatable bonds is 6. The molecule has 0 amide bonds. The quantitative estimate of drug-likeness (QED) is 0.630. The first kappa shape index (κ1) is 15.4. The van der Waals surface area contributed by atoms with Crippen LogP contribution >= 0.6 is 8.60 Å². The Kier molecular flexibility index (Phi) is 5.49. The highest BCUT2D eigenvalue weighted by Gasteiger charge is 2.20. The fraction of sp³-hybridized carbons (Fsp3) is 0.0526. The van der Waals surface area contributed by atoms with Gasteiger partial charge in [0, 0.05) is 6.42 Å². The van der Waals surface area contributed by atoms with Crippen LogP contribution in [0.3, 0.4) is 0 Å². The van der Waals surface area contributed by atoms with E-state index in [1.807, 2.05) is 91.0 Å². The molecule has 0 unspecified atom stereocenters. The Morgan fingerprint density at radius 2 is 1.26 bits per heavy atom. The molecule has 4 heteroatoms. The van der Waals surface area contributed by atoms with Crippen molar-refractivity contribution < 1.29 is 13.6 Å². The number of benzene rings is 2. The van der Waals surface area contributed by atoms with E-state index in [4.69, 9.17) is 13.6 Å². The van der Waals surface area contributed by atoms with Crippen LogP contribution in [0.5, 0.6) is 11.5 Å². The molecule has 0 bridgehead atoms. The van der Waals surface area contributed by atoms with E-state index in [0.717, 1.165) is 17.3 Å². The second-order valence-electron chi connectivity index (χ2n) is 4.77. The first-order chi connectivity index (χ1) is 11.4. The third-order valence-electron chi connectivity index (χ3n) is 3.00. The maximum absolute atomic E-state index is 5.96. The fourth-order valence-electron chi connectivity index (χ4n) is 1.91. The molecule has 1 aliphatic rings. The van der Waals surface area contributed by atoms with Crippen molar-refractivity contribution in [1.29, 1.82) is 0 Å². The van der Waals surface area contributed by atoms with Gasteiger partial charge in [0.25, 0.3) is 0 Å². The summed E-state index contributed by atoms with van der Waals surface area (Å²) >= 11 is 0. The van der Waals surface area contributed by atoms with Gasteiger partial charge in [0.2, 0.25) is 0 Å². The lowest BCUT2D eigenvalue weighted by Crippen LogP contribution is -2.00. The van der Waals surface area contributed by atoms with Gasteiger partial charge < -0.3 is 13.6 Å². The summed E-state index contributed by atoms with van der Waals surface area (Å²) in [4.78, 5) is 0. The molecule has 0 N–H and O–H groups in total. The molecule has 0 radical (unpaired) electrons. The van der Waals surface area contributed by atoms with Gasteiger partial charge in [-0.1, -0.05) is 60.7 Å². The van der Waals surface area contributed by atoms with Gasteiger partial charge in [0.15, 0.2) is 0 Å². The van der Waals surface area contributed by atoms with E-state index in [-0.39, 0.29) is 0 Å². The van der Waals surface area contributed by atoms with Gasteiger partial charge in [-0.2, -0.15) is 0 Å². The molecule has 23 heavy (non-hydrogen) atoms. The maximum atomic E-state index is 5.96. The average Bonchev–Trinajstić information content (AvgIpc) is 2.85. The largest absolute Gasteiger partial charge is 0.529 e. The lowest BCUT2D eigenvalue weighted by atomic mass is 10.3. The van der Waals surface area contributed by atoms with E-state index in [2.05, 4.69) is 0 Å². The summed E-state index contributed by atoms with van der Waals surface area (Å²) in [7, 11) is -1.58. The van der Waals surface area contributed by atoms with Crippen LogP contribution in [0.1, 0.15) is 6.42 Å². The molecule has 0 heterocycles. The summed E-state index contributed by atoms with van der Waals surface area (Å²) in [6.07, 6.45) is 10.6. The van der Waals surface area contributed by atoms with Crippen LogP contribution in [0, 0.1) is 0 Å². The Bertz CT molecular complexity index is 652. The third-order valence-corrected chi connectivity index (χ3v) is 4.10. The van der Waals surface area contributed by atoms with Crippen LogP contribution in [-0.2, 0) is 4.52 Å². The molecular formula is C19H17O3P. The van der Waals surface area contributed by atoms with Crippen molar-refractivity contribution in [2.75, 3.05) is 0 Å². The molecule has 2 aromatic carbocycles. The van der Waals surface area contributed by atoms with Crippen molar-refractivity contribution >= 4 is 8.60 Å². The molecule has 2 aromatic rings. The van der Waals surface area contributed by atoms with Crippen molar-refractivity contribution in [1.82, 2.24) is 0 Å². The normalized spacial score (nSPS) is 13.3. The predicted octanol–water partition coefficient (Wildman–Crippen LogP) is 5.79. The van der Waals surface area contributed by atoms with Gasteiger partial charge in [0.1, 0.15) is 17.3 Å². The van der Waals surface area contributed by atoms with Crippen LogP contribution in [0.2, 0.25) is 0 Å². The summed E-state index contributed by atoms with van der Waals surface area (Å²) < 4.78 is 17.7. The Hall–Kier alpha value is -2.51. The zero-order valence-electron chi connectivity index (χ0n) is 12.5. The highest BCUT2D eigenvalue weighted by Crippen LogP contribution is 2.44. The van der Waals surface area contributed by atoms with E-state index in [0.29, 0.717) is 6.42 Å². The molecule has 0 aliphatic heterocycles. The fourth-order valence-corrected chi connectivity index (χ4v) is 2.94. The smallest absolute Gasteiger partial charge is 0.413 e. The van der Waals surface area contributed by atoms with Crippen molar-refractivity contribution in [3.63, 3.8) is 0 Å². The highest BCUT2D eigenvalue weighted by atomic mass is 31.2. The molecule has 0 saturated carbocycles. The SMILES string of the molecule is C1=CC=C(OP(Oc2ccccc2)Oc2ccccc2)CC=C1. The monoisotopic (exact) mass is 324 g/mol. The van der Waals surface area contributed by atoms with E-state index in [1.54, 1.807) is 0 Å². The number of para-hydroxylation sites is 2. The first-order valence-corrected chi connectivity index (χ1v) is 8.46. The molecule has 3 rings (SSSR count). The van der Waals surface area contributed by atoms with Gasteiger partial charge >= 0.3 is 8.60 Å². The second kappa shape index (κ2) is 8.21. The number of hydrogen-bond donors (Lipinski definition) is 0. The van der Waals surface area contributed by atoms with Crippen LogP contribution in [0.4, 0.5) is 0 Å². The van der Waals surface area contributed by atoms with E-state index in [1.165, 1.54) is 0 Å². The third kappa shape index (κ3) is 5.01. The van der Waals surface area contributed by atoms with Gasteiger partial charge in [0.05, 0.1) is 0 Å². The van der Waals surface area contributed by atoms with E-state index < -0.39 is 8.60 Å². The Balaban J connectivity index is 1.73. The Labute approximate surface area is 137 Å². The zero-order valence-corrected chi connectivity index (χ0v) is 13.4. The van der Waals surface area contributed by atoms with Crippen molar-refractivity contribution in [2.45, 2.75) is 6.42 Å². The topological polar surface area (TPSA) is 27.7 Å². The van der Waals surface area contributed by atoms with Gasteiger partial charge in [-0.25, -0.2) is 0 Å². The van der Waals surface area contributed by atoms with E-state index >= 15 is 0 Å². The predicted molar refractivity (Wildman–Crippen MR) is 93.1 cm³/mol. The van der Waals surface area contributed by atoms with Crippen LogP contribution < -0.4 is 9.05 Å². The molecule has 0 spiro atoms. The second-order valence-corrected chi connectivity index (χ2v) is 5.77. The average molecular weight is 324 g/mol. The van der Waals surface area contributed by atoms with Crippen LogP contribution in [0.15, 0.2) is 96.8 Å². The Morgan fingerprint density at radius 1 is 0.652 bits per heavy atom. The standard InChI is InChI=1S/C19H17O3P/c1-2-6-12-17(11-5-1)20-23(21-18-13-7-3-8-14-18)22-19-15-9-4-10-16-19/h1-11,13-16H,12H2. The summed E-state index contributed by atoms with van der Waals surface area (Å²) in [5.74, 6) is 2.25. The lowest BCUT2D eigenvalue weighted by molar-refractivity contribution is 0.327. The van der Waals surface area contributed by atoms with Crippen molar-refractivity contribution in [3.05, 3.63) is 96.8 Å². The van der Waals surface area contributed by atoms with Crippen LogP contribution in [0.25, 0.3) is 0 Å². The summed E-state index contributed by atoms with van der Waals surface area (Å²) in [5, 5.41) is 0. The van der Waals surface area contributed by atoms with Crippen molar-refractivity contribution in [3.8, 4) is 11.5 Å². The minimum Gasteiger partial charge on any atom is -0.413 e. The van der Waals surface area contributed by atoms with Gasteiger partial charge in [-0.05, 0) is 30.3 Å². The van der Waals surface area contributed by atoms with E-state index in [9.17, 15) is 0 Å². The molecule has 3 nitrogen and oxygen atoms in total. The maximum Gasteiger partial charge on any atom is 0.529 e. The first-order valence-electron chi connectivity index (χ1n) is 7.37. The molecule has 1 aliphatic carbocycles. The molecule has 116 valence electrons. The molecule has 0 aromatic heterocycles. The van der Waals surface area contributed by atoms with Crippen LogP contribution in [-0.4, -0.2) is 0 Å². The molecular weight excluding hydrogens is 307 g/mol. The Morgan fingerprint density at radius 3 is 1.87 bits per heavy atom. The number of allylic oxidation sites excluding steroid dienone is 5. The molecule has 0 atom stereocenters. The summed E-state index contributed by atoms with van der Waals surface area (Å²) in [5.41, 5.74) is 0. The minimum atomic E-state index is -1.58. The summed E-state index contributed by atoms with van der Waals surface area (Å²) in [6.45, 7) is 0. The molecule has 0 saturated heterocycles. The minimum absolute atomic E-state index is 0.710.